The molecule has 106 valence electrons. The van der Waals surface area contributed by atoms with Gasteiger partial charge >= 0.3 is 0 Å². The van der Waals surface area contributed by atoms with Crippen molar-refractivity contribution in [2.45, 2.75) is 19.4 Å². The summed E-state index contributed by atoms with van der Waals surface area (Å²) in [6.45, 7) is 2.10. The second-order valence-corrected chi connectivity index (χ2v) is 5.86. The van der Waals surface area contributed by atoms with E-state index in [0.717, 1.165) is 6.42 Å². The molecule has 1 atom stereocenters. The second-order valence-electron chi connectivity index (χ2n) is 4.83. The average Bonchev–Trinajstić information content (AvgIpc) is 2.91. The minimum Gasteiger partial charge on any atom is -0.366 e. The first-order chi connectivity index (χ1) is 9.56. The minimum atomic E-state index is -0.143. The van der Waals surface area contributed by atoms with E-state index in [4.69, 9.17) is 0 Å². The van der Waals surface area contributed by atoms with Crippen LogP contribution in [0.15, 0.2) is 29.6 Å². The van der Waals surface area contributed by atoms with Crippen LogP contribution in [-0.2, 0) is 6.42 Å². The van der Waals surface area contributed by atoms with Crippen molar-refractivity contribution in [3.8, 4) is 0 Å². The number of carbonyl (C=O) groups excluding carboxylic acids is 1. The molecule has 1 N–H and O–H groups in total. The lowest BCUT2D eigenvalue weighted by Gasteiger charge is -2.13. The van der Waals surface area contributed by atoms with Gasteiger partial charge in [0.05, 0.1) is 0 Å². The van der Waals surface area contributed by atoms with Crippen molar-refractivity contribution in [3.63, 3.8) is 0 Å². The highest BCUT2D eigenvalue weighted by atomic mass is 32.1. The van der Waals surface area contributed by atoms with Crippen LogP contribution in [0, 0.1) is 0 Å². The lowest BCUT2D eigenvalue weighted by atomic mass is 10.2. The number of hydrogen-bond acceptors (Lipinski definition) is 5. The predicted octanol–water partition coefficient (Wildman–Crippen LogP) is 2.28. The molecule has 0 saturated carbocycles. The quantitative estimate of drug-likeness (QED) is 0.918. The first-order valence-corrected chi connectivity index (χ1v) is 7.28. The zero-order chi connectivity index (χ0) is 14.5. The topological polar surface area (TPSA) is 58.1 Å². The summed E-state index contributed by atoms with van der Waals surface area (Å²) in [7, 11) is 3.39. The molecule has 6 heteroatoms. The standard InChI is InChI=1S/C14H18N4OS/c1-10(9-11-5-4-8-20-11)15-13-7-6-12(16-17-13)14(19)18(2)3/h4-8,10H,9H2,1-3H3,(H,15,17). The number of hydrogen-bond donors (Lipinski definition) is 1. The van der Waals surface area contributed by atoms with Gasteiger partial charge in [0.2, 0.25) is 0 Å². The molecule has 0 spiro atoms. The van der Waals surface area contributed by atoms with Crippen LogP contribution in [0.25, 0.3) is 0 Å². The maximum Gasteiger partial charge on any atom is 0.273 e. The van der Waals surface area contributed by atoms with Crippen LogP contribution in [0.2, 0.25) is 0 Å². The van der Waals surface area contributed by atoms with Gasteiger partial charge in [0.1, 0.15) is 5.82 Å². The summed E-state index contributed by atoms with van der Waals surface area (Å²) >= 11 is 1.75. The van der Waals surface area contributed by atoms with Crippen molar-refractivity contribution >= 4 is 23.1 Å². The lowest BCUT2D eigenvalue weighted by Crippen LogP contribution is -2.24. The number of nitrogens with one attached hydrogen (secondary N) is 1. The largest absolute Gasteiger partial charge is 0.366 e. The molecule has 2 aromatic heterocycles. The summed E-state index contributed by atoms with van der Waals surface area (Å²) in [5, 5.41) is 13.4. The molecule has 20 heavy (non-hydrogen) atoms. The van der Waals surface area contributed by atoms with Crippen LogP contribution in [0.3, 0.4) is 0 Å². The molecule has 0 saturated heterocycles. The number of rotatable bonds is 5. The van der Waals surface area contributed by atoms with E-state index >= 15 is 0 Å². The number of aromatic nitrogens is 2. The molecule has 0 aliphatic rings. The normalized spacial score (nSPS) is 11.9. The van der Waals surface area contributed by atoms with E-state index in [1.54, 1.807) is 37.6 Å². The summed E-state index contributed by atoms with van der Waals surface area (Å²) in [4.78, 5) is 14.5. The zero-order valence-corrected chi connectivity index (χ0v) is 12.6. The van der Waals surface area contributed by atoms with E-state index in [2.05, 4.69) is 33.9 Å². The highest BCUT2D eigenvalue weighted by molar-refractivity contribution is 7.09. The van der Waals surface area contributed by atoms with E-state index in [1.807, 2.05) is 6.07 Å². The van der Waals surface area contributed by atoms with Crippen molar-refractivity contribution in [2.24, 2.45) is 0 Å². The molecule has 1 amide bonds. The third-order valence-corrected chi connectivity index (χ3v) is 3.67. The Morgan fingerprint density at radius 1 is 1.35 bits per heavy atom. The first-order valence-electron chi connectivity index (χ1n) is 6.40. The molecule has 0 aromatic carbocycles. The van der Waals surface area contributed by atoms with Gasteiger partial charge in [-0.1, -0.05) is 6.07 Å². The van der Waals surface area contributed by atoms with Crippen molar-refractivity contribution in [3.05, 3.63) is 40.2 Å². The van der Waals surface area contributed by atoms with Gasteiger partial charge in [-0.15, -0.1) is 21.5 Å². The van der Waals surface area contributed by atoms with Gasteiger partial charge in [-0.3, -0.25) is 4.79 Å². The predicted molar refractivity (Wildman–Crippen MR) is 81.2 cm³/mol. The molecule has 5 nitrogen and oxygen atoms in total. The Morgan fingerprint density at radius 2 is 2.15 bits per heavy atom. The second kappa shape index (κ2) is 6.47. The van der Waals surface area contributed by atoms with Crippen molar-refractivity contribution < 1.29 is 4.79 Å². The summed E-state index contributed by atoms with van der Waals surface area (Å²) in [6, 6.07) is 7.91. The van der Waals surface area contributed by atoms with Crippen LogP contribution < -0.4 is 5.32 Å². The van der Waals surface area contributed by atoms with Gasteiger partial charge in [-0.2, -0.15) is 0 Å². The molecular formula is C14H18N4OS. The monoisotopic (exact) mass is 290 g/mol. The Labute approximate surface area is 122 Å². The SMILES string of the molecule is CC(Cc1cccs1)Nc1ccc(C(=O)N(C)C)nn1. The van der Waals surface area contributed by atoms with E-state index in [9.17, 15) is 4.79 Å². The van der Waals surface area contributed by atoms with Crippen LogP contribution in [-0.4, -0.2) is 41.1 Å². The third kappa shape index (κ3) is 3.77. The Bertz CT molecular complexity index is 551. The number of amides is 1. The Morgan fingerprint density at radius 3 is 2.70 bits per heavy atom. The van der Waals surface area contributed by atoms with Crippen molar-refractivity contribution in [1.29, 1.82) is 0 Å². The van der Waals surface area contributed by atoms with Gasteiger partial charge in [-0.25, -0.2) is 0 Å². The minimum absolute atomic E-state index is 0.143. The molecule has 2 heterocycles. The maximum atomic E-state index is 11.7. The Kier molecular flexibility index (Phi) is 4.68. The van der Waals surface area contributed by atoms with Crippen LogP contribution in [0.5, 0.6) is 0 Å². The summed E-state index contributed by atoms with van der Waals surface area (Å²) in [6.07, 6.45) is 0.942. The molecule has 1 unspecified atom stereocenters. The molecule has 0 radical (unpaired) electrons. The molecule has 0 aliphatic carbocycles. The summed E-state index contributed by atoms with van der Waals surface area (Å²) < 4.78 is 0. The number of carbonyl (C=O) groups is 1. The fourth-order valence-electron chi connectivity index (χ4n) is 1.79. The maximum absolute atomic E-state index is 11.7. The average molecular weight is 290 g/mol. The third-order valence-electron chi connectivity index (χ3n) is 2.77. The molecular weight excluding hydrogens is 272 g/mol. The van der Waals surface area contributed by atoms with Crippen LogP contribution in [0.4, 0.5) is 5.82 Å². The fraction of sp³-hybridized carbons (Fsp3) is 0.357. The number of nitrogens with zero attached hydrogens (tertiary/aromatic N) is 3. The van der Waals surface area contributed by atoms with Gasteiger partial charge < -0.3 is 10.2 Å². The Balaban J connectivity index is 1.95. The molecule has 2 aromatic rings. The Hall–Kier alpha value is -1.95. The van der Waals surface area contributed by atoms with E-state index in [0.29, 0.717) is 11.5 Å². The summed E-state index contributed by atoms with van der Waals surface area (Å²) in [5.41, 5.74) is 0.353. The number of anilines is 1. The van der Waals surface area contributed by atoms with Crippen molar-refractivity contribution in [1.82, 2.24) is 15.1 Å². The number of thiophene rings is 1. The fourth-order valence-corrected chi connectivity index (χ4v) is 2.62. The van der Waals surface area contributed by atoms with E-state index < -0.39 is 0 Å². The van der Waals surface area contributed by atoms with Crippen LogP contribution in [0.1, 0.15) is 22.3 Å². The van der Waals surface area contributed by atoms with Gasteiger partial charge in [0.25, 0.3) is 5.91 Å². The summed E-state index contributed by atoms with van der Waals surface area (Å²) in [5.74, 6) is 0.542. The van der Waals surface area contributed by atoms with Crippen molar-refractivity contribution in [2.75, 3.05) is 19.4 Å². The first kappa shape index (κ1) is 14.5. The smallest absolute Gasteiger partial charge is 0.273 e. The van der Waals surface area contributed by atoms with E-state index in [-0.39, 0.29) is 11.9 Å². The highest BCUT2D eigenvalue weighted by Gasteiger charge is 2.11. The van der Waals surface area contributed by atoms with E-state index in [1.165, 1.54) is 9.78 Å². The van der Waals surface area contributed by atoms with Gasteiger partial charge in [0.15, 0.2) is 5.69 Å². The van der Waals surface area contributed by atoms with Gasteiger partial charge in [-0.05, 0) is 30.5 Å². The molecule has 0 aliphatic heterocycles. The highest BCUT2D eigenvalue weighted by Crippen LogP contribution is 2.13. The zero-order valence-electron chi connectivity index (χ0n) is 11.8. The van der Waals surface area contributed by atoms with Gasteiger partial charge in [0, 0.05) is 31.4 Å². The lowest BCUT2D eigenvalue weighted by molar-refractivity contribution is 0.0821. The van der Waals surface area contributed by atoms with Crippen LogP contribution >= 0.6 is 11.3 Å². The molecule has 0 fully saturated rings. The molecule has 0 bridgehead atoms. The molecule has 2 rings (SSSR count).